The molecule has 2 fully saturated rings. The molecule has 5 rings (SSSR count). The maximum atomic E-state index is 14.0. The highest BCUT2D eigenvalue weighted by atomic mass is 16.6. The first-order chi connectivity index (χ1) is 25.0. The van der Waals surface area contributed by atoms with Crippen molar-refractivity contribution in [2.75, 3.05) is 30.0 Å². The minimum atomic E-state index is -1.08. The summed E-state index contributed by atoms with van der Waals surface area (Å²) in [5, 5.41) is 7.42. The normalized spacial score (nSPS) is 21.3. The fraction of sp³-hybridized carbons (Fsp3) is 0.543. The van der Waals surface area contributed by atoms with E-state index in [1.165, 1.54) is 15.8 Å². The lowest BCUT2D eigenvalue weighted by Crippen LogP contribution is -2.46. The third-order valence-electron chi connectivity index (χ3n) is 8.06. The van der Waals surface area contributed by atoms with Gasteiger partial charge in [0.2, 0.25) is 0 Å². The number of fused-ring (bicyclic) bond motifs is 1. The SMILES string of the molecule is [2H]c1c([2H])c([2H])c(C2CC[C@H](C)CN2C(=O)C(=O)Nc2cnc(N(C(=O)OCCCC)C(=O)OC(C)(C)C)c3cn(C4CCCCO4)nc23)c([2H])c1[2H]. The van der Waals surface area contributed by atoms with Crippen LogP contribution >= 0.6 is 0 Å². The summed E-state index contributed by atoms with van der Waals surface area (Å²) in [6, 6.07) is -3.44. The van der Waals surface area contributed by atoms with E-state index in [4.69, 9.17) is 21.1 Å². The Morgan fingerprint density at radius 1 is 1.10 bits per heavy atom. The molecular weight excluding hydrogens is 616 g/mol. The number of pyridine rings is 1. The number of carbonyl (C=O) groups is 4. The van der Waals surface area contributed by atoms with Crippen molar-refractivity contribution in [1.29, 1.82) is 0 Å². The number of rotatable bonds is 7. The lowest BCUT2D eigenvalue weighted by atomic mass is 9.90. The van der Waals surface area contributed by atoms with E-state index < -0.39 is 72.1 Å². The van der Waals surface area contributed by atoms with Crippen molar-refractivity contribution < 1.29 is 40.2 Å². The molecule has 3 aromatic rings. The summed E-state index contributed by atoms with van der Waals surface area (Å²) in [7, 11) is 0. The number of likely N-dealkylation sites (tertiary alicyclic amines) is 1. The summed E-state index contributed by atoms with van der Waals surface area (Å²) < 4.78 is 59.8. The van der Waals surface area contributed by atoms with Crippen molar-refractivity contribution in [3.8, 4) is 0 Å². The van der Waals surface area contributed by atoms with E-state index in [2.05, 4.69) is 15.4 Å². The molecule has 0 aliphatic carbocycles. The molecule has 2 aromatic heterocycles. The van der Waals surface area contributed by atoms with Crippen LogP contribution in [0.15, 0.2) is 42.6 Å². The first-order valence-electron chi connectivity index (χ1n) is 18.9. The number of carbonyl (C=O) groups excluding carboxylic acids is 4. The highest BCUT2D eigenvalue weighted by Gasteiger charge is 2.36. The second kappa shape index (κ2) is 15.1. The summed E-state index contributed by atoms with van der Waals surface area (Å²) in [5.41, 5.74) is -0.957. The Morgan fingerprint density at radius 3 is 2.56 bits per heavy atom. The minimum Gasteiger partial charge on any atom is -0.449 e. The lowest BCUT2D eigenvalue weighted by molar-refractivity contribution is -0.146. The molecule has 2 saturated heterocycles. The molecule has 0 bridgehead atoms. The largest absolute Gasteiger partial charge is 0.449 e. The van der Waals surface area contributed by atoms with Crippen LogP contribution in [0.1, 0.15) is 104 Å². The topological polar surface area (TPSA) is 145 Å². The third kappa shape index (κ3) is 8.12. The second-order valence-electron chi connectivity index (χ2n) is 13.1. The molecule has 13 heteroatoms. The zero-order chi connectivity index (χ0) is 38.8. The fourth-order valence-electron chi connectivity index (χ4n) is 5.69. The molecule has 2 unspecified atom stereocenters. The van der Waals surface area contributed by atoms with Gasteiger partial charge >= 0.3 is 24.0 Å². The molecule has 13 nitrogen and oxygen atoms in total. The summed E-state index contributed by atoms with van der Waals surface area (Å²) >= 11 is 0. The highest BCUT2D eigenvalue weighted by Crippen LogP contribution is 2.35. The molecule has 0 saturated carbocycles. The Labute approximate surface area is 287 Å². The van der Waals surface area contributed by atoms with Gasteiger partial charge < -0.3 is 24.4 Å². The summed E-state index contributed by atoms with van der Waals surface area (Å²) in [5.74, 6) is -2.29. The zero-order valence-corrected chi connectivity index (χ0v) is 28.1. The fourth-order valence-corrected chi connectivity index (χ4v) is 5.69. The maximum absolute atomic E-state index is 14.0. The molecule has 48 heavy (non-hydrogen) atoms. The standard InChI is InChI=1S/C35H46N6O7/c1-6-7-18-47-33(44)41(34(45)48-35(3,4)5)30-25-22-40(28-15-11-12-19-46-28)38-29(25)26(20-36-30)37-31(42)32(43)39-21-23(2)16-17-27(39)24-13-9-8-10-14-24/h8-10,13-14,20,22-23,27-28H,6-7,11-12,15-19,21H2,1-5H3,(H,37,42)/t23-,27?,28?/m0/s1/i8D,9D,10D,13D,14D. The summed E-state index contributed by atoms with van der Waals surface area (Å²) in [6.07, 6.45) is 4.67. The Morgan fingerprint density at radius 2 is 1.88 bits per heavy atom. The van der Waals surface area contributed by atoms with Gasteiger partial charge in [-0.2, -0.15) is 10.00 Å². The van der Waals surface area contributed by atoms with Gasteiger partial charge in [0.15, 0.2) is 5.82 Å². The van der Waals surface area contributed by atoms with Crippen LogP contribution in [0.4, 0.5) is 21.1 Å². The van der Waals surface area contributed by atoms with Crippen LogP contribution < -0.4 is 10.2 Å². The van der Waals surface area contributed by atoms with Gasteiger partial charge in [0, 0.05) is 19.3 Å². The van der Waals surface area contributed by atoms with Crippen molar-refractivity contribution in [2.24, 2.45) is 5.92 Å². The summed E-state index contributed by atoms with van der Waals surface area (Å²) in [6.45, 7) is 9.39. The van der Waals surface area contributed by atoms with Crippen LogP contribution in [-0.2, 0) is 23.8 Å². The van der Waals surface area contributed by atoms with E-state index in [0.717, 1.165) is 19.3 Å². The number of aromatic nitrogens is 3. The molecule has 1 aromatic carbocycles. The van der Waals surface area contributed by atoms with Gasteiger partial charge in [0.05, 0.1) is 36.8 Å². The number of hydrogen-bond acceptors (Lipinski definition) is 9. The Bertz CT molecular complexity index is 1870. The van der Waals surface area contributed by atoms with E-state index in [-0.39, 0.29) is 53.5 Å². The predicted octanol–water partition coefficient (Wildman–Crippen LogP) is 6.75. The van der Waals surface area contributed by atoms with Crippen LogP contribution in [-0.4, -0.2) is 69.0 Å². The Balaban J connectivity index is 1.55. The van der Waals surface area contributed by atoms with Crippen molar-refractivity contribution in [1.82, 2.24) is 19.7 Å². The van der Waals surface area contributed by atoms with E-state index in [9.17, 15) is 19.2 Å². The van der Waals surface area contributed by atoms with Gasteiger partial charge in [-0.05, 0) is 70.8 Å². The van der Waals surface area contributed by atoms with Gasteiger partial charge in [-0.1, -0.05) is 50.5 Å². The van der Waals surface area contributed by atoms with Crippen molar-refractivity contribution in [3.05, 3.63) is 48.2 Å². The predicted molar refractivity (Wildman–Crippen MR) is 179 cm³/mol. The minimum absolute atomic E-state index is 0.00966. The molecular formula is C35H46N6O7. The van der Waals surface area contributed by atoms with Gasteiger partial charge in [-0.25, -0.2) is 19.3 Å². The molecule has 2 aliphatic rings. The molecule has 258 valence electrons. The van der Waals surface area contributed by atoms with Crippen LogP contribution in [0.2, 0.25) is 0 Å². The average Bonchev–Trinajstić information content (AvgIpc) is 3.57. The Hall–Kier alpha value is -4.52. The van der Waals surface area contributed by atoms with Crippen LogP contribution in [0.5, 0.6) is 0 Å². The van der Waals surface area contributed by atoms with E-state index >= 15 is 0 Å². The molecule has 0 radical (unpaired) electrons. The average molecular weight is 668 g/mol. The van der Waals surface area contributed by atoms with Crippen molar-refractivity contribution in [3.63, 3.8) is 0 Å². The number of ether oxygens (including phenoxy) is 3. The van der Waals surface area contributed by atoms with Crippen LogP contribution in [0.25, 0.3) is 10.9 Å². The number of imide groups is 1. The van der Waals surface area contributed by atoms with E-state index in [0.29, 0.717) is 30.8 Å². The number of benzene rings is 1. The third-order valence-corrected chi connectivity index (χ3v) is 8.06. The van der Waals surface area contributed by atoms with Crippen LogP contribution in [0, 0.1) is 5.92 Å². The van der Waals surface area contributed by atoms with Gasteiger partial charge in [0.1, 0.15) is 17.3 Å². The monoisotopic (exact) mass is 667 g/mol. The molecule has 4 amide bonds. The van der Waals surface area contributed by atoms with Crippen molar-refractivity contribution >= 4 is 46.4 Å². The number of amides is 4. The number of nitrogens with zero attached hydrogens (tertiary/aromatic N) is 5. The van der Waals surface area contributed by atoms with E-state index in [1.807, 2.05) is 13.8 Å². The molecule has 4 heterocycles. The maximum Gasteiger partial charge on any atom is 0.425 e. The number of nitrogens with one attached hydrogen (secondary N) is 1. The lowest BCUT2D eigenvalue weighted by Gasteiger charge is -2.38. The van der Waals surface area contributed by atoms with Gasteiger partial charge in [-0.3, -0.25) is 9.59 Å². The van der Waals surface area contributed by atoms with Gasteiger partial charge in [-0.15, -0.1) is 0 Å². The quantitative estimate of drug-likeness (QED) is 0.214. The second-order valence-corrected chi connectivity index (χ2v) is 13.1. The first-order valence-corrected chi connectivity index (χ1v) is 16.4. The van der Waals surface area contributed by atoms with Gasteiger partial charge in [0.25, 0.3) is 0 Å². The molecule has 0 spiro atoms. The molecule has 3 atom stereocenters. The molecule has 2 aliphatic heterocycles. The Kier molecular flexibility index (Phi) is 8.99. The highest BCUT2D eigenvalue weighted by molar-refractivity contribution is 6.40. The smallest absolute Gasteiger partial charge is 0.425 e. The zero-order valence-electron chi connectivity index (χ0n) is 33.1. The number of piperidine rings is 1. The van der Waals surface area contributed by atoms with Crippen molar-refractivity contribution in [2.45, 2.75) is 97.4 Å². The van der Waals surface area contributed by atoms with E-state index in [1.54, 1.807) is 27.0 Å². The first kappa shape index (κ1) is 28.5. The van der Waals surface area contributed by atoms with Crippen LogP contribution in [0.3, 0.4) is 0 Å². The number of anilines is 2. The summed E-state index contributed by atoms with van der Waals surface area (Å²) in [4.78, 5) is 61.0. The molecule has 1 N–H and O–H groups in total. The number of hydrogen-bond donors (Lipinski definition) is 1. The number of unbranched alkanes of at least 4 members (excludes halogenated alkanes) is 1.